The normalized spacial score (nSPS) is 19.7. The van der Waals surface area contributed by atoms with Crippen LogP contribution in [0.5, 0.6) is 0 Å². The third-order valence-electron chi connectivity index (χ3n) is 3.26. The van der Waals surface area contributed by atoms with Crippen molar-refractivity contribution in [1.82, 2.24) is 5.32 Å². The number of nitrogens with two attached hydrogens (primary N) is 1. The van der Waals surface area contributed by atoms with Gasteiger partial charge in [-0.25, -0.2) is 0 Å². The van der Waals surface area contributed by atoms with Crippen LogP contribution in [-0.2, 0) is 11.3 Å². The molecule has 1 aliphatic rings. The first-order valence-corrected chi connectivity index (χ1v) is 6.43. The lowest BCUT2D eigenvalue weighted by Crippen LogP contribution is -2.32. The largest absolute Gasteiger partial charge is 0.376 e. The third-order valence-corrected chi connectivity index (χ3v) is 3.26. The molecule has 1 heterocycles. The highest BCUT2D eigenvalue weighted by atomic mass is 16.5. The Morgan fingerprint density at radius 2 is 2.17 bits per heavy atom. The summed E-state index contributed by atoms with van der Waals surface area (Å²) in [6, 6.07) is 7.25. The lowest BCUT2D eigenvalue weighted by atomic mass is 10.0. The van der Waals surface area contributed by atoms with E-state index in [9.17, 15) is 4.79 Å². The van der Waals surface area contributed by atoms with Gasteiger partial charge < -0.3 is 15.8 Å². The van der Waals surface area contributed by atoms with Crippen LogP contribution in [0.15, 0.2) is 24.3 Å². The summed E-state index contributed by atoms with van der Waals surface area (Å²) < 4.78 is 5.70. The van der Waals surface area contributed by atoms with Crippen molar-refractivity contribution >= 4 is 5.91 Å². The van der Waals surface area contributed by atoms with E-state index in [1.165, 1.54) is 12.8 Å². The SMILES string of the molecule is NC(=O)c1ccc(COCC2CCCNC2)cc1. The molecule has 3 N–H and O–H groups in total. The summed E-state index contributed by atoms with van der Waals surface area (Å²) in [6.07, 6.45) is 2.48. The van der Waals surface area contributed by atoms with E-state index in [0.717, 1.165) is 25.3 Å². The summed E-state index contributed by atoms with van der Waals surface area (Å²) in [4.78, 5) is 10.9. The second kappa shape index (κ2) is 6.52. The molecule has 1 aromatic carbocycles. The molecule has 1 fully saturated rings. The van der Waals surface area contributed by atoms with Crippen LogP contribution in [0.2, 0.25) is 0 Å². The molecule has 0 bridgehead atoms. The maximum Gasteiger partial charge on any atom is 0.248 e. The van der Waals surface area contributed by atoms with Crippen LogP contribution in [0.1, 0.15) is 28.8 Å². The molecule has 98 valence electrons. The molecule has 1 unspecified atom stereocenters. The van der Waals surface area contributed by atoms with Crippen molar-refractivity contribution < 1.29 is 9.53 Å². The molecule has 0 saturated carbocycles. The summed E-state index contributed by atoms with van der Waals surface area (Å²) in [5.74, 6) is 0.236. The standard InChI is InChI=1S/C14H20N2O2/c15-14(17)13-5-3-11(4-6-13)9-18-10-12-2-1-7-16-8-12/h3-6,12,16H,1-2,7-10H2,(H2,15,17). The molecule has 18 heavy (non-hydrogen) atoms. The second-order valence-electron chi connectivity index (χ2n) is 4.79. The van der Waals surface area contributed by atoms with Gasteiger partial charge in [-0.1, -0.05) is 12.1 Å². The van der Waals surface area contributed by atoms with Crippen molar-refractivity contribution in [2.24, 2.45) is 11.7 Å². The van der Waals surface area contributed by atoms with Crippen molar-refractivity contribution in [1.29, 1.82) is 0 Å². The predicted octanol–water partition coefficient (Wildman–Crippen LogP) is 1.30. The average Bonchev–Trinajstić information content (AvgIpc) is 2.40. The molecule has 0 spiro atoms. The summed E-state index contributed by atoms with van der Waals surface area (Å²) >= 11 is 0. The molecule has 4 nitrogen and oxygen atoms in total. The first kappa shape index (κ1) is 13.1. The van der Waals surface area contributed by atoms with Gasteiger partial charge in [0.15, 0.2) is 0 Å². The minimum Gasteiger partial charge on any atom is -0.376 e. The molecule has 1 atom stereocenters. The van der Waals surface area contributed by atoms with Crippen LogP contribution >= 0.6 is 0 Å². The summed E-state index contributed by atoms with van der Waals surface area (Å²) in [6.45, 7) is 3.58. The summed E-state index contributed by atoms with van der Waals surface area (Å²) in [5.41, 5.74) is 6.79. The lowest BCUT2D eigenvalue weighted by molar-refractivity contribution is 0.0782. The van der Waals surface area contributed by atoms with Gasteiger partial charge in [-0.05, 0) is 43.0 Å². The second-order valence-corrected chi connectivity index (χ2v) is 4.79. The zero-order chi connectivity index (χ0) is 12.8. The Bertz CT molecular complexity index is 383. The first-order valence-electron chi connectivity index (χ1n) is 6.43. The van der Waals surface area contributed by atoms with Crippen molar-refractivity contribution in [3.8, 4) is 0 Å². The monoisotopic (exact) mass is 248 g/mol. The van der Waals surface area contributed by atoms with Gasteiger partial charge in [0.25, 0.3) is 0 Å². The zero-order valence-electron chi connectivity index (χ0n) is 10.5. The highest BCUT2D eigenvalue weighted by Gasteiger charge is 2.12. The third kappa shape index (κ3) is 3.82. The Kier molecular flexibility index (Phi) is 4.73. The first-order chi connectivity index (χ1) is 8.75. The average molecular weight is 248 g/mol. The Morgan fingerprint density at radius 3 is 2.78 bits per heavy atom. The number of carbonyl (C=O) groups excluding carboxylic acids is 1. The smallest absolute Gasteiger partial charge is 0.248 e. The van der Waals surface area contributed by atoms with Crippen LogP contribution in [0.3, 0.4) is 0 Å². The molecule has 4 heteroatoms. The van der Waals surface area contributed by atoms with E-state index >= 15 is 0 Å². The van der Waals surface area contributed by atoms with Crippen molar-refractivity contribution in [3.63, 3.8) is 0 Å². The van der Waals surface area contributed by atoms with E-state index < -0.39 is 5.91 Å². The predicted molar refractivity (Wildman–Crippen MR) is 70.2 cm³/mol. The topological polar surface area (TPSA) is 64.4 Å². The molecule has 0 aliphatic carbocycles. The number of hydrogen-bond donors (Lipinski definition) is 2. The van der Waals surface area contributed by atoms with Gasteiger partial charge in [-0.2, -0.15) is 0 Å². The Hall–Kier alpha value is -1.39. The molecule has 1 saturated heterocycles. The Labute approximate surface area is 108 Å². The molecular formula is C14H20N2O2. The van der Waals surface area contributed by atoms with Gasteiger partial charge in [0, 0.05) is 12.1 Å². The molecule has 0 aromatic heterocycles. The number of benzene rings is 1. The molecule has 2 rings (SSSR count). The molecule has 1 aromatic rings. The fourth-order valence-electron chi connectivity index (χ4n) is 2.17. The quantitative estimate of drug-likeness (QED) is 0.825. The van der Waals surface area contributed by atoms with Crippen molar-refractivity contribution in [2.45, 2.75) is 19.4 Å². The van der Waals surface area contributed by atoms with E-state index in [0.29, 0.717) is 18.1 Å². The zero-order valence-corrected chi connectivity index (χ0v) is 10.5. The summed E-state index contributed by atoms with van der Waals surface area (Å²) in [7, 11) is 0. The van der Waals surface area contributed by atoms with E-state index in [4.69, 9.17) is 10.5 Å². The van der Waals surface area contributed by atoms with Crippen LogP contribution in [0, 0.1) is 5.92 Å². The van der Waals surface area contributed by atoms with Gasteiger partial charge in [0.2, 0.25) is 5.91 Å². The number of nitrogens with one attached hydrogen (secondary N) is 1. The number of ether oxygens (including phenoxy) is 1. The highest BCUT2D eigenvalue weighted by Crippen LogP contribution is 2.12. The number of amides is 1. The van der Waals surface area contributed by atoms with Crippen molar-refractivity contribution in [3.05, 3.63) is 35.4 Å². The van der Waals surface area contributed by atoms with Gasteiger partial charge in [0.1, 0.15) is 0 Å². The Balaban J connectivity index is 1.74. The summed E-state index contributed by atoms with van der Waals surface area (Å²) in [5, 5.41) is 3.37. The molecule has 1 amide bonds. The van der Waals surface area contributed by atoms with E-state index in [1.54, 1.807) is 12.1 Å². The number of hydrogen-bond acceptors (Lipinski definition) is 3. The lowest BCUT2D eigenvalue weighted by Gasteiger charge is -2.22. The Morgan fingerprint density at radius 1 is 1.39 bits per heavy atom. The van der Waals surface area contributed by atoms with E-state index in [2.05, 4.69) is 5.32 Å². The van der Waals surface area contributed by atoms with E-state index in [1.807, 2.05) is 12.1 Å². The molecule has 1 aliphatic heterocycles. The van der Waals surface area contributed by atoms with Gasteiger partial charge in [0.05, 0.1) is 13.2 Å². The highest BCUT2D eigenvalue weighted by molar-refractivity contribution is 5.92. The minimum absolute atomic E-state index is 0.393. The molecule has 0 radical (unpaired) electrons. The van der Waals surface area contributed by atoms with Crippen LogP contribution in [-0.4, -0.2) is 25.6 Å². The van der Waals surface area contributed by atoms with Gasteiger partial charge in [-0.15, -0.1) is 0 Å². The van der Waals surface area contributed by atoms with Crippen LogP contribution < -0.4 is 11.1 Å². The number of rotatable bonds is 5. The number of primary amides is 1. The minimum atomic E-state index is -0.393. The maximum atomic E-state index is 10.9. The number of piperidine rings is 1. The maximum absolute atomic E-state index is 10.9. The van der Waals surface area contributed by atoms with Crippen molar-refractivity contribution in [2.75, 3.05) is 19.7 Å². The number of carbonyl (C=O) groups is 1. The fourth-order valence-corrected chi connectivity index (χ4v) is 2.17. The van der Waals surface area contributed by atoms with Gasteiger partial charge >= 0.3 is 0 Å². The molecular weight excluding hydrogens is 228 g/mol. The van der Waals surface area contributed by atoms with Crippen LogP contribution in [0.4, 0.5) is 0 Å². The van der Waals surface area contributed by atoms with Gasteiger partial charge in [-0.3, -0.25) is 4.79 Å². The fraction of sp³-hybridized carbons (Fsp3) is 0.500. The van der Waals surface area contributed by atoms with Crippen LogP contribution in [0.25, 0.3) is 0 Å². The van der Waals surface area contributed by atoms with E-state index in [-0.39, 0.29) is 0 Å².